The summed E-state index contributed by atoms with van der Waals surface area (Å²) in [6.45, 7) is 0.497. The molecule has 0 atom stereocenters. The maximum absolute atomic E-state index is 13.1. The maximum atomic E-state index is 13.1. The molecule has 0 saturated carbocycles. The molecule has 0 radical (unpaired) electrons. The van der Waals surface area contributed by atoms with Gasteiger partial charge in [-0.1, -0.05) is 17.3 Å². The third-order valence-corrected chi connectivity index (χ3v) is 6.72. The van der Waals surface area contributed by atoms with Crippen LogP contribution in [0.3, 0.4) is 0 Å². The predicted octanol–water partition coefficient (Wildman–Crippen LogP) is 4.60. The van der Waals surface area contributed by atoms with E-state index in [9.17, 15) is 12.8 Å². The smallest absolute Gasteiger partial charge is 0.278 e. The summed E-state index contributed by atoms with van der Waals surface area (Å²) < 4.78 is 53.2. The summed E-state index contributed by atoms with van der Waals surface area (Å²) in [6, 6.07) is 19.0. The summed E-state index contributed by atoms with van der Waals surface area (Å²) in [7, 11) is -2.20. The van der Waals surface area contributed by atoms with Crippen LogP contribution in [0.15, 0.2) is 94.7 Å². The molecule has 182 valence electrons. The molecule has 0 saturated heterocycles. The Morgan fingerprint density at radius 2 is 1.72 bits per heavy atom. The van der Waals surface area contributed by atoms with E-state index in [1.54, 1.807) is 48.9 Å². The topological polar surface area (TPSA) is 112 Å². The first-order valence-corrected chi connectivity index (χ1v) is 12.3. The largest absolute Gasteiger partial charge is 0.497 e. The fraction of sp³-hybridized carbons (Fsp3) is 0.0800. The highest BCUT2D eigenvalue weighted by atomic mass is 32.2. The van der Waals surface area contributed by atoms with E-state index in [4.69, 9.17) is 9.26 Å². The highest BCUT2D eigenvalue weighted by Crippen LogP contribution is 2.22. The first kappa shape index (κ1) is 23.2. The molecular formula is C25H20FN5O4S. The van der Waals surface area contributed by atoms with Crippen LogP contribution >= 0.6 is 0 Å². The average molecular weight is 506 g/mol. The molecule has 3 aromatic carbocycles. The van der Waals surface area contributed by atoms with Gasteiger partial charge in [-0.05, 0) is 66.2 Å². The minimum Gasteiger partial charge on any atom is -0.497 e. The molecule has 0 aliphatic heterocycles. The molecule has 0 spiro atoms. The number of aromatic nitrogens is 4. The second kappa shape index (κ2) is 9.62. The molecule has 11 heteroatoms. The Kier molecular flexibility index (Phi) is 6.21. The summed E-state index contributed by atoms with van der Waals surface area (Å²) >= 11 is 0. The lowest BCUT2D eigenvalue weighted by Gasteiger charge is -2.10. The van der Waals surface area contributed by atoms with Crippen molar-refractivity contribution in [1.29, 1.82) is 0 Å². The van der Waals surface area contributed by atoms with Gasteiger partial charge in [-0.25, -0.2) is 17.8 Å². The third kappa shape index (κ3) is 5.10. The number of rotatable bonds is 8. The molecule has 0 aliphatic rings. The van der Waals surface area contributed by atoms with E-state index in [2.05, 4.69) is 19.8 Å². The summed E-state index contributed by atoms with van der Waals surface area (Å²) in [5, 5.41) is 3.93. The van der Waals surface area contributed by atoms with Crippen molar-refractivity contribution in [1.82, 2.24) is 19.7 Å². The van der Waals surface area contributed by atoms with Crippen molar-refractivity contribution in [3.63, 3.8) is 0 Å². The Bertz CT molecular complexity index is 1580. The van der Waals surface area contributed by atoms with E-state index < -0.39 is 10.0 Å². The van der Waals surface area contributed by atoms with Gasteiger partial charge in [0.15, 0.2) is 0 Å². The number of nitrogens with zero attached hydrogens (tertiary/aromatic N) is 4. The zero-order valence-electron chi connectivity index (χ0n) is 19.0. The van der Waals surface area contributed by atoms with Crippen LogP contribution in [0, 0.1) is 5.82 Å². The summed E-state index contributed by atoms with van der Waals surface area (Å²) in [5.41, 5.74) is 2.51. The number of hydrogen-bond acceptors (Lipinski definition) is 7. The Labute approximate surface area is 206 Å². The zero-order valence-corrected chi connectivity index (χ0v) is 19.8. The van der Waals surface area contributed by atoms with Gasteiger partial charge in [-0.2, -0.15) is 4.98 Å². The van der Waals surface area contributed by atoms with Crippen molar-refractivity contribution in [3.8, 4) is 28.7 Å². The zero-order chi connectivity index (χ0) is 25.1. The van der Waals surface area contributed by atoms with Crippen LogP contribution in [0.5, 0.6) is 5.75 Å². The van der Waals surface area contributed by atoms with Crippen molar-refractivity contribution in [3.05, 3.63) is 96.7 Å². The number of anilines is 1. The van der Waals surface area contributed by atoms with Gasteiger partial charge in [0.05, 0.1) is 18.3 Å². The molecule has 1 N–H and O–H groups in total. The number of imidazole rings is 1. The SMILES string of the molecule is COc1ccc(S(=O)(=O)Nc2ccc(Cn3cnc(-c4nc(-c5ccc(F)cc5)no4)c3)cc2)cc1. The van der Waals surface area contributed by atoms with Crippen molar-refractivity contribution in [2.75, 3.05) is 11.8 Å². The van der Waals surface area contributed by atoms with E-state index in [1.807, 2.05) is 16.7 Å². The second-order valence-corrected chi connectivity index (χ2v) is 9.52. The van der Waals surface area contributed by atoms with Gasteiger partial charge in [0.1, 0.15) is 17.3 Å². The molecule has 0 aliphatic carbocycles. The summed E-state index contributed by atoms with van der Waals surface area (Å²) in [6.07, 6.45) is 3.40. The second-order valence-electron chi connectivity index (χ2n) is 7.84. The number of nitrogens with one attached hydrogen (secondary N) is 1. The lowest BCUT2D eigenvalue weighted by molar-refractivity contribution is 0.414. The summed E-state index contributed by atoms with van der Waals surface area (Å²) in [4.78, 5) is 8.80. The summed E-state index contributed by atoms with van der Waals surface area (Å²) in [5.74, 6) is 0.820. The fourth-order valence-electron chi connectivity index (χ4n) is 3.46. The molecule has 2 heterocycles. The highest BCUT2D eigenvalue weighted by Gasteiger charge is 2.15. The standard InChI is InChI=1S/C25H20FN5O4S/c1-34-21-10-12-22(13-11-21)36(32,33)30-20-8-2-17(3-9-20)14-31-15-23(27-16-31)25-28-24(29-35-25)18-4-6-19(26)7-5-18/h2-13,15-16,30H,14H2,1H3. The molecule has 5 aromatic rings. The van der Waals surface area contributed by atoms with Gasteiger partial charge in [-0.3, -0.25) is 4.72 Å². The fourth-order valence-corrected chi connectivity index (χ4v) is 4.52. The normalized spacial score (nSPS) is 11.4. The van der Waals surface area contributed by atoms with Crippen LogP contribution in [0.1, 0.15) is 5.56 Å². The van der Waals surface area contributed by atoms with Gasteiger partial charge in [0, 0.05) is 24.0 Å². The predicted molar refractivity (Wildman–Crippen MR) is 130 cm³/mol. The van der Waals surface area contributed by atoms with Crippen LogP contribution in [-0.4, -0.2) is 35.2 Å². The van der Waals surface area contributed by atoms with Crippen molar-refractivity contribution in [2.45, 2.75) is 11.4 Å². The van der Waals surface area contributed by atoms with E-state index in [0.29, 0.717) is 35.1 Å². The molecule has 2 aromatic heterocycles. The van der Waals surface area contributed by atoms with E-state index in [1.165, 1.54) is 31.4 Å². The van der Waals surface area contributed by atoms with Gasteiger partial charge in [-0.15, -0.1) is 0 Å². The van der Waals surface area contributed by atoms with Crippen molar-refractivity contribution < 1.29 is 22.1 Å². The monoisotopic (exact) mass is 505 g/mol. The van der Waals surface area contributed by atoms with Crippen LogP contribution < -0.4 is 9.46 Å². The number of sulfonamides is 1. The molecular weight excluding hydrogens is 485 g/mol. The number of methoxy groups -OCH3 is 1. The van der Waals surface area contributed by atoms with E-state index in [0.717, 1.165) is 5.56 Å². The first-order chi connectivity index (χ1) is 17.4. The van der Waals surface area contributed by atoms with Gasteiger partial charge in [0.2, 0.25) is 5.82 Å². The molecule has 0 fully saturated rings. The van der Waals surface area contributed by atoms with Gasteiger partial charge < -0.3 is 13.8 Å². The molecule has 0 bridgehead atoms. The minimum atomic E-state index is -3.72. The van der Waals surface area contributed by atoms with Crippen LogP contribution in [0.4, 0.5) is 10.1 Å². The molecule has 0 unspecified atom stereocenters. The van der Waals surface area contributed by atoms with Crippen molar-refractivity contribution in [2.24, 2.45) is 0 Å². The minimum absolute atomic E-state index is 0.141. The average Bonchev–Trinajstić information content (AvgIpc) is 3.56. The van der Waals surface area contributed by atoms with Crippen LogP contribution in [0.2, 0.25) is 0 Å². The van der Waals surface area contributed by atoms with E-state index in [-0.39, 0.29) is 16.6 Å². The number of benzene rings is 3. The Morgan fingerprint density at radius 1 is 1.00 bits per heavy atom. The Balaban J connectivity index is 1.24. The van der Waals surface area contributed by atoms with Crippen molar-refractivity contribution >= 4 is 15.7 Å². The lowest BCUT2D eigenvalue weighted by atomic mass is 10.2. The molecule has 36 heavy (non-hydrogen) atoms. The van der Waals surface area contributed by atoms with Gasteiger partial charge in [0.25, 0.3) is 15.9 Å². The third-order valence-electron chi connectivity index (χ3n) is 5.32. The Hall–Kier alpha value is -4.51. The number of ether oxygens (including phenoxy) is 1. The number of hydrogen-bond donors (Lipinski definition) is 1. The number of halogens is 1. The molecule has 0 amide bonds. The van der Waals surface area contributed by atoms with E-state index >= 15 is 0 Å². The first-order valence-electron chi connectivity index (χ1n) is 10.8. The van der Waals surface area contributed by atoms with Crippen LogP contribution in [-0.2, 0) is 16.6 Å². The lowest BCUT2D eigenvalue weighted by Crippen LogP contribution is -2.12. The Morgan fingerprint density at radius 3 is 2.42 bits per heavy atom. The quantitative estimate of drug-likeness (QED) is 0.328. The maximum Gasteiger partial charge on any atom is 0.278 e. The van der Waals surface area contributed by atoms with Gasteiger partial charge >= 0.3 is 0 Å². The molecule has 9 nitrogen and oxygen atoms in total. The molecule has 5 rings (SSSR count). The van der Waals surface area contributed by atoms with Crippen LogP contribution in [0.25, 0.3) is 23.0 Å². The highest BCUT2D eigenvalue weighted by molar-refractivity contribution is 7.92.